The molecule has 1 unspecified atom stereocenters. The second-order valence-corrected chi connectivity index (χ2v) is 7.71. The molecule has 2 N–H and O–H groups in total. The second kappa shape index (κ2) is 10.0. The Morgan fingerprint density at radius 2 is 1.88 bits per heavy atom. The summed E-state index contributed by atoms with van der Waals surface area (Å²) in [6.07, 6.45) is -0.720. The molecule has 0 saturated carbocycles. The summed E-state index contributed by atoms with van der Waals surface area (Å²) in [5.41, 5.74) is 1.04. The van der Waals surface area contributed by atoms with Crippen LogP contribution in [0.5, 0.6) is 0 Å². The van der Waals surface area contributed by atoms with Gasteiger partial charge < -0.3 is 10.4 Å². The highest BCUT2D eigenvalue weighted by Crippen LogP contribution is 2.10. The van der Waals surface area contributed by atoms with E-state index in [-0.39, 0.29) is 25.5 Å². The summed E-state index contributed by atoms with van der Waals surface area (Å²) in [6, 6.07) is 15.9. The number of benzene rings is 2. The molecule has 0 spiro atoms. The highest BCUT2D eigenvalue weighted by Gasteiger charge is 2.17. The van der Waals surface area contributed by atoms with Gasteiger partial charge in [-0.05, 0) is 36.9 Å². The number of aryl methyl sites for hydroxylation is 1. The number of carbonyl (C=O) groups is 1. The van der Waals surface area contributed by atoms with Crippen molar-refractivity contribution in [3.05, 3.63) is 74.9 Å². The summed E-state index contributed by atoms with van der Waals surface area (Å²) in [5, 5.41) is 22.3. The molecule has 1 amide bonds. The molecule has 0 bridgehead atoms. The van der Waals surface area contributed by atoms with E-state index in [0.717, 1.165) is 10.1 Å². The monoisotopic (exact) mass is 435 g/mol. The number of carbonyl (C=O) groups excluding carboxylic acids is 1. The van der Waals surface area contributed by atoms with Crippen LogP contribution in [0.3, 0.4) is 0 Å². The van der Waals surface area contributed by atoms with E-state index in [0.29, 0.717) is 23.0 Å². The Morgan fingerprint density at radius 1 is 1.19 bits per heavy atom. The molecule has 0 fully saturated rings. The first-order valence-electron chi connectivity index (χ1n) is 10.1. The quantitative estimate of drug-likeness (QED) is 0.537. The van der Waals surface area contributed by atoms with Gasteiger partial charge in [-0.2, -0.15) is 5.26 Å². The number of hydrogen-bond donors (Lipinski definition) is 2. The van der Waals surface area contributed by atoms with Crippen LogP contribution in [0.1, 0.15) is 5.56 Å². The minimum Gasteiger partial charge on any atom is -0.390 e. The summed E-state index contributed by atoms with van der Waals surface area (Å²) in [5.74, 6) is -0.272. The Hall–Kier alpha value is -3.74. The third-order valence-corrected chi connectivity index (χ3v) is 5.11. The minimum absolute atomic E-state index is 0.0155. The van der Waals surface area contributed by atoms with Gasteiger partial charge in [0, 0.05) is 19.3 Å². The van der Waals surface area contributed by atoms with E-state index in [1.807, 2.05) is 0 Å². The number of nitriles is 1. The van der Waals surface area contributed by atoms with Gasteiger partial charge in [0.05, 0.1) is 42.6 Å². The lowest BCUT2D eigenvalue weighted by Gasteiger charge is -2.21. The maximum absolute atomic E-state index is 12.7. The van der Waals surface area contributed by atoms with Crippen molar-refractivity contribution in [2.75, 3.05) is 25.5 Å². The molecule has 0 saturated heterocycles. The molecule has 1 aromatic heterocycles. The van der Waals surface area contributed by atoms with Gasteiger partial charge in [-0.15, -0.1) is 0 Å². The summed E-state index contributed by atoms with van der Waals surface area (Å²) in [7, 11) is 3.25. The maximum Gasteiger partial charge on any atom is 0.331 e. The average molecular weight is 435 g/mol. The number of nitrogens with zero attached hydrogens (tertiary/aromatic N) is 4. The number of nitrogens with one attached hydrogen (secondary N) is 1. The predicted octanol–water partition coefficient (Wildman–Crippen LogP) is 0.698. The second-order valence-electron chi connectivity index (χ2n) is 7.71. The van der Waals surface area contributed by atoms with Crippen LogP contribution < -0.4 is 16.6 Å². The van der Waals surface area contributed by atoms with Gasteiger partial charge in [-0.1, -0.05) is 24.3 Å². The smallest absolute Gasteiger partial charge is 0.331 e. The molecular weight excluding hydrogens is 410 g/mol. The van der Waals surface area contributed by atoms with Crippen LogP contribution in [0.2, 0.25) is 0 Å². The highest BCUT2D eigenvalue weighted by atomic mass is 16.3. The van der Waals surface area contributed by atoms with E-state index in [9.17, 15) is 19.5 Å². The number of anilines is 1. The van der Waals surface area contributed by atoms with E-state index in [1.165, 1.54) is 4.57 Å². The van der Waals surface area contributed by atoms with Crippen LogP contribution in [-0.4, -0.2) is 51.3 Å². The fourth-order valence-electron chi connectivity index (χ4n) is 3.56. The zero-order valence-corrected chi connectivity index (χ0v) is 18.0. The zero-order chi connectivity index (χ0) is 23.3. The summed E-state index contributed by atoms with van der Waals surface area (Å²) >= 11 is 0. The van der Waals surface area contributed by atoms with Crippen LogP contribution in [0.4, 0.5) is 5.69 Å². The average Bonchev–Trinajstić information content (AvgIpc) is 2.76. The van der Waals surface area contributed by atoms with Crippen molar-refractivity contribution in [3.63, 3.8) is 0 Å². The van der Waals surface area contributed by atoms with Crippen molar-refractivity contribution in [3.8, 4) is 6.07 Å². The van der Waals surface area contributed by atoms with Gasteiger partial charge in [0.2, 0.25) is 5.91 Å². The van der Waals surface area contributed by atoms with E-state index in [2.05, 4.69) is 11.4 Å². The Kier molecular flexibility index (Phi) is 7.20. The lowest BCUT2D eigenvalue weighted by atomic mass is 10.1. The number of rotatable bonds is 8. The number of likely N-dealkylation sites (N-methyl/N-ethyl adjacent to an activating group) is 1. The summed E-state index contributed by atoms with van der Waals surface area (Å²) < 4.78 is 2.40. The predicted molar refractivity (Wildman–Crippen MR) is 121 cm³/mol. The number of hydrogen-bond acceptors (Lipinski definition) is 6. The molecule has 32 heavy (non-hydrogen) atoms. The molecule has 166 valence electrons. The van der Waals surface area contributed by atoms with Gasteiger partial charge >= 0.3 is 5.69 Å². The summed E-state index contributed by atoms with van der Waals surface area (Å²) in [4.78, 5) is 39.2. The molecule has 1 heterocycles. The van der Waals surface area contributed by atoms with E-state index in [1.54, 1.807) is 67.5 Å². The van der Waals surface area contributed by atoms with Gasteiger partial charge in [-0.3, -0.25) is 23.6 Å². The third kappa shape index (κ3) is 5.29. The fourth-order valence-corrected chi connectivity index (χ4v) is 3.56. The first-order chi connectivity index (χ1) is 15.3. The van der Waals surface area contributed by atoms with Gasteiger partial charge in [0.25, 0.3) is 5.56 Å². The highest BCUT2D eigenvalue weighted by molar-refractivity contribution is 5.92. The first-order valence-corrected chi connectivity index (χ1v) is 10.1. The van der Waals surface area contributed by atoms with Crippen molar-refractivity contribution in [1.82, 2.24) is 14.0 Å². The lowest BCUT2D eigenvalue weighted by molar-refractivity contribution is -0.117. The summed E-state index contributed by atoms with van der Waals surface area (Å²) in [6.45, 7) is -0.0682. The zero-order valence-electron chi connectivity index (χ0n) is 18.0. The lowest BCUT2D eigenvalue weighted by Crippen LogP contribution is -2.44. The van der Waals surface area contributed by atoms with E-state index < -0.39 is 17.4 Å². The number of aliphatic hydroxyl groups excluding tert-OH is 1. The van der Waals surface area contributed by atoms with Crippen LogP contribution >= 0.6 is 0 Å². The van der Waals surface area contributed by atoms with Gasteiger partial charge in [0.15, 0.2) is 0 Å². The molecule has 3 rings (SSSR count). The molecule has 2 aromatic carbocycles. The Bertz CT molecular complexity index is 1270. The molecule has 9 nitrogen and oxygen atoms in total. The van der Waals surface area contributed by atoms with Crippen molar-refractivity contribution >= 4 is 22.5 Å². The molecule has 0 aliphatic rings. The molecular formula is C23H25N5O4. The van der Waals surface area contributed by atoms with Crippen LogP contribution in [0.25, 0.3) is 10.9 Å². The first kappa shape index (κ1) is 22.9. The molecule has 0 radical (unpaired) electrons. The van der Waals surface area contributed by atoms with Gasteiger partial charge in [-0.25, -0.2) is 4.79 Å². The topological polar surface area (TPSA) is 120 Å². The van der Waals surface area contributed by atoms with Crippen molar-refractivity contribution in [2.24, 2.45) is 7.05 Å². The Morgan fingerprint density at radius 3 is 2.56 bits per heavy atom. The minimum atomic E-state index is -1.02. The largest absolute Gasteiger partial charge is 0.390 e. The number of fused-ring (bicyclic) bond motifs is 1. The van der Waals surface area contributed by atoms with E-state index in [4.69, 9.17) is 5.26 Å². The molecule has 1 atom stereocenters. The fraction of sp³-hybridized carbons (Fsp3) is 0.304. The standard InChI is InChI=1S/C23H25N5O4/c1-26(15-21(30)25-17-9-7-16(8-10-17)11-12-24)13-18(29)14-28-22(31)19-5-3-4-6-20(19)27(2)23(28)32/h3-10,18,29H,11,13-15H2,1-2H3,(H,25,30). The molecule has 9 heteroatoms. The van der Waals surface area contributed by atoms with Gasteiger partial charge in [0.1, 0.15) is 0 Å². The van der Waals surface area contributed by atoms with Crippen LogP contribution in [0, 0.1) is 11.3 Å². The Labute approximate surface area is 184 Å². The van der Waals surface area contributed by atoms with E-state index >= 15 is 0 Å². The third-order valence-electron chi connectivity index (χ3n) is 5.11. The van der Waals surface area contributed by atoms with Crippen molar-refractivity contribution in [1.29, 1.82) is 5.26 Å². The number of amides is 1. The number of aliphatic hydroxyl groups is 1. The van der Waals surface area contributed by atoms with Crippen molar-refractivity contribution < 1.29 is 9.90 Å². The van der Waals surface area contributed by atoms with Crippen LogP contribution in [0.15, 0.2) is 58.1 Å². The maximum atomic E-state index is 12.7. The normalized spacial score (nSPS) is 12.0. The molecule has 0 aliphatic carbocycles. The molecule has 3 aromatic rings. The van der Waals surface area contributed by atoms with Crippen LogP contribution in [-0.2, 0) is 24.8 Å². The molecule has 0 aliphatic heterocycles. The number of aromatic nitrogens is 2. The Balaban J connectivity index is 1.61. The SMILES string of the molecule is CN(CC(=O)Nc1ccc(CC#N)cc1)CC(O)Cn1c(=O)c2ccccc2n(C)c1=O. The number of para-hydroxylation sites is 1. The van der Waals surface area contributed by atoms with Crippen molar-refractivity contribution in [2.45, 2.75) is 19.1 Å².